The van der Waals surface area contributed by atoms with Gasteiger partial charge in [-0.1, -0.05) is 38.7 Å². The minimum absolute atomic E-state index is 0.0804. The number of aliphatic hydroxyl groups excluding tert-OH is 2. The highest BCUT2D eigenvalue weighted by atomic mass is 16.5. The van der Waals surface area contributed by atoms with Crippen LogP contribution in [0.4, 0.5) is 0 Å². The predicted molar refractivity (Wildman–Crippen MR) is 92.7 cm³/mol. The first-order valence-corrected chi connectivity index (χ1v) is 8.88. The van der Waals surface area contributed by atoms with Crippen molar-refractivity contribution in [2.24, 2.45) is 11.7 Å². The van der Waals surface area contributed by atoms with Gasteiger partial charge in [0.25, 0.3) is 0 Å². The number of unbranched alkanes of at least 4 members (excludes halogenated alkanes) is 4. The maximum atomic E-state index is 9.47. The second-order valence-corrected chi connectivity index (χ2v) is 6.85. The highest BCUT2D eigenvalue weighted by molar-refractivity contribution is 5.40. The zero-order valence-electron chi connectivity index (χ0n) is 14.3. The molecule has 0 aromatic heterocycles. The number of benzene rings is 1. The number of fused-ring (bicyclic) bond motifs is 1. The zero-order chi connectivity index (χ0) is 16.7. The van der Waals surface area contributed by atoms with E-state index in [4.69, 9.17) is 10.5 Å². The van der Waals surface area contributed by atoms with E-state index in [1.165, 1.54) is 36.8 Å². The molecule has 0 bridgehead atoms. The Bertz CT molecular complexity index is 486. The van der Waals surface area contributed by atoms with Crippen LogP contribution in [0.25, 0.3) is 0 Å². The molecule has 130 valence electrons. The summed E-state index contributed by atoms with van der Waals surface area (Å²) in [5, 5.41) is 18.9. The van der Waals surface area contributed by atoms with Crippen LogP contribution in [0.3, 0.4) is 0 Å². The second kappa shape index (κ2) is 8.67. The fraction of sp³-hybridized carbons (Fsp3) is 0.684. The Balaban J connectivity index is 1.85. The molecule has 1 aromatic rings. The first-order chi connectivity index (χ1) is 11.1. The normalized spacial score (nSPS) is 17.3. The van der Waals surface area contributed by atoms with Gasteiger partial charge in [0.15, 0.2) is 0 Å². The molecule has 0 aliphatic heterocycles. The third-order valence-electron chi connectivity index (χ3n) is 5.03. The van der Waals surface area contributed by atoms with E-state index in [0.29, 0.717) is 0 Å². The summed E-state index contributed by atoms with van der Waals surface area (Å²) in [4.78, 5) is 0. The van der Waals surface area contributed by atoms with Crippen molar-refractivity contribution < 1.29 is 14.9 Å². The fourth-order valence-electron chi connectivity index (χ4n) is 3.29. The minimum atomic E-state index is -0.903. The molecule has 0 unspecified atom stereocenters. The summed E-state index contributed by atoms with van der Waals surface area (Å²) in [7, 11) is 0. The molecule has 4 heteroatoms. The molecule has 1 aromatic carbocycles. The topological polar surface area (TPSA) is 75.7 Å². The third-order valence-corrected chi connectivity index (χ3v) is 5.03. The summed E-state index contributed by atoms with van der Waals surface area (Å²) in [5.74, 6) is 0.993. The maximum absolute atomic E-state index is 9.47. The van der Waals surface area contributed by atoms with E-state index in [0.717, 1.165) is 31.6 Å². The minimum Gasteiger partial charge on any atom is -0.494 e. The van der Waals surface area contributed by atoms with E-state index in [-0.39, 0.29) is 19.1 Å². The lowest BCUT2D eigenvalue weighted by molar-refractivity contribution is 0.0783. The summed E-state index contributed by atoms with van der Waals surface area (Å²) >= 11 is 0. The number of nitrogens with two attached hydrogens (primary N) is 1. The summed E-state index contributed by atoms with van der Waals surface area (Å²) in [6.45, 7) is 2.60. The molecule has 0 fully saturated rings. The Kier molecular flexibility index (Phi) is 6.88. The average molecular weight is 321 g/mol. The third kappa shape index (κ3) is 4.69. The van der Waals surface area contributed by atoms with Crippen LogP contribution >= 0.6 is 0 Å². The first kappa shape index (κ1) is 18.2. The van der Waals surface area contributed by atoms with Crippen molar-refractivity contribution in [3.05, 3.63) is 29.3 Å². The van der Waals surface area contributed by atoms with E-state index in [9.17, 15) is 10.2 Å². The quantitative estimate of drug-likeness (QED) is 0.579. The molecule has 4 nitrogen and oxygen atoms in total. The molecule has 1 aliphatic rings. The molecule has 0 saturated carbocycles. The molecule has 0 saturated heterocycles. The Hall–Kier alpha value is -1.10. The van der Waals surface area contributed by atoms with Crippen LogP contribution in [-0.4, -0.2) is 35.6 Å². The summed E-state index contributed by atoms with van der Waals surface area (Å²) in [6, 6.07) is 6.21. The molecular formula is C19H31NO3. The van der Waals surface area contributed by atoms with Crippen LogP contribution in [0.2, 0.25) is 0 Å². The van der Waals surface area contributed by atoms with Gasteiger partial charge in [0.05, 0.1) is 25.4 Å². The number of hydrogen-bond acceptors (Lipinski definition) is 4. The van der Waals surface area contributed by atoms with E-state index in [2.05, 4.69) is 19.1 Å². The average Bonchev–Trinajstić information content (AvgIpc) is 3.01. The van der Waals surface area contributed by atoms with Crippen molar-refractivity contribution in [1.82, 2.24) is 0 Å². The molecule has 2 rings (SSSR count). The number of aliphatic hydroxyl groups is 2. The standard InChI is InChI=1S/C19H31NO3/c1-2-3-4-5-6-9-23-18-8-7-15-10-17(11-16(15)12-18)19(20,13-21)14-22/h7-8,12,17,21-22H,2-6,9-11,13-14,20H2,1H3/t17-/m0/s1. The maximum Gasteiger partial charge on any atom is 0.119 e. The monoisotopic (exact) mass is 321 g/mol. The SMILES string of the molecule is CCCCCCCOc1ccc2c(c1)C[C@@H](C(N)(CO)CO)C2. The van der Waals surface area contributed by atoms with Gasteiger partial charge < -0.3 is 20.7 Å². The van der Waals surface area contributed by atoms with Crippen LogP contribution in [0.1, 0.15) is 50.2 Å². The second-order valence-electron chi connectivity index (χ2n) is 6.85. The molecule has 4 N–H and O–H groups in total. The van der Waals surface area contributed by atoms with Gasteiger partial charge in [-0.3, -0.25) is 0 Å². The lowest BCUT2D eigenvalue weighted by Gasteiger charge is -2.31. The highest BCUT2D eigenvalue weighted by Gasteiger charge is 2.38. The van der Waals surface area contributed by atoms with Gasteiger partial charge >= 0.3 is 0 Å². The Morgan fingerprint density at radius 1 is 1.09 bits per heavy atom. The largest absolute Gasteiger partial charge is 0.494 e. The van der Waals surface area contributed by atoms with Crippen LogP contribution in [0, 0.1) is 5.92 Å². The van der Waals surface area contributed by atoms with Crippen LogP contribution < -0.4 is 10.5 Å². The number of rotatable bonds is 10. The van der Waals surface area contributed by atoms with Crippen LogP contribution in [-0.2, 0) is 12.8 Å². The van der Waals surface area contributed by atoms with Gasteiger partial charge in [-0.25, -0.2) is 0 Å². The van der Waals surface area contributed by atoms with Gasteiger partial charge in [-0.2, -0.15) is 0 Å². The Morgan fingerprint density at radius 3 is 2.48 bits per heavy atom. The van der Waals surface area contributed by atoms with E-state index in [1.807, 2.05) is 6.07 Å². The summed E-state index contributed by atoms with van der Waals surface area (Å²) in [5.41, 5.74) is 7.71. The zero-order valence-corrected chi connectivity index (χ0v) is 14.3. The van der Waals surface area contributed by atoms with Gasteiger partial charge in [0.1, 0.15) is 5.75 Å². The van der Waals surface area contributed by atoms with Crippen LogP contribution in [0.5, 0.6) is 5.75 Å². The molecule has 1 aliphatic carbocycles. The van der Waals surface area contributed by atoms with Crippen molar-refractivity contribution in [3.8, 4) is 5.75 Å². The fourth-order valence-corrected chi connectivity index (χ4v) is 3.29. The van der Waals surface area contributed by atoms with Crippen molar-refractivity contribution in [2.75, 3.05) is 19.8 Å². The number of hydrogen-bond donors (Lipinski definition) is 3. The molecule has 1 atom stereocenters. The first-order valence-electron chi connectivity index (χ1n) is 8.88. The lowest BCUT2D eigenvalue weighted by Crippen LogP contribution is -2.54. The van der Waals surface area contributed by atoms with Gasteiger partial charge in [-0.15, -0.1) is 0 Å². The Labute approximate surface area is 139 Å². The number of ether oxygens (including phenoxy) is 1. The lowest BCUT2D eigenvalue weighted by atomic mass is 9.84. The van der Waals surface area contributed by atoms with E-state index >= 15 is 0 Å². The molecule has 23 heavy (non-hydrogen) atoms. The molecule has 0 heterocycles. The molecule has 0 amide bonds. The van der Waals surface area contributed by atoms with Crippen molar-refractivity contribution in [1.29, 1.82) is 0 Å². The van der Waals surface area contributed by atoms with Crippen LogP contribution in [0.15, 0.2) is 18.2 Å². The smallest absolute Gasteiger partial charge is 0.119 e. The molecule has 0 radical (unpaired) electrons. The van der Waals surface area contributed by atoms with E-state index in [1.54, 1.807) is 0 Å². The molecule has 0 spiro atoms. The van der Waals surface area contributed by atoms with Gasteiger partial charge in [0, 0.05) is 0 Å². The van der Waals surface area contributed by atoms with Crippen molar-refractivity contribution >= 4 is 0 Å². The van der Waals surface area contributed by atoms with Gasteiger partial charge in [-0.05, 0) is 48.4 Å². The molecular weight excluding hydrogens is 290 g/mol. The highest BCUT2D eigenvalue weighted by Crippen LogP contribution is 2.34. The predicted octanol–water partition coefficient (Wildman–Crippen LogP) is 2.43. The van der Waals surface area contributed by atoms with Crippen molar-refractivity contribution in [3.63, 3.8) is 0 Å². The Morgan fingerprint density at radius 2 is 1.78 bits per heavy atom. The summed E-state index contributed by atoms with van der Waals surface area (Å²) in [6.07, 6.45) is 7.77. The van der Waals surface area contributed by atoms with Gasteiger partial charge in [0.2, 0.25) is 0 Å². The summed E-state index contributed by atoms with van der Waals surface area (Å²) < 4.78 is 5.85. The van der Waals surface area contributed by atoms with E-state index < -0.39 is 5.54 Å². The van der Waals surface area contributed by atoms with Crippen molar-refractivity contribution in [2.45, 2.75) is 57.4 Å².